The quantitative estimate of drug-likeness (QED) is 0.741. The Labute approximate surface area is 114 Å². The lowest BCUT2D eigenvalue weighted by molar-refractivity contribution is -0.137. The molecule has 100 valence electrons. The van der Waals surface area contributed by atoms with Crippen molar-refractivity contribution in [3.63, 3.8) is 0 Å². The Morgan fingerprint density at radius 1 is 1.15 bits per heavy atom. The van der Waals surface area contributed by atoms with Gasteiger partial charge in [-0.15, -0.1) is 0 Å². The predicted octanol–water partition coefficient (Wildman–Crippen LogP) is 2.96. The highest BCUT2D eigenvalue weighted by molar-refractivity contribution is 6.05. The van der Waals surface area contributed by atoms with Crippen molar-refractivity contribution in [2.75, 3.05) is 0 Å². The van der Waals surface area contributed by atoms with E-state index in [1.807, 2.05) is 30.3 Å². The van der Waals surface area contributed by atoms with Crippen LogP contribution in [0.15, 0.2) is 51.7 Å². The Balaban J connectivity index is 2.21. The van der Waals surface area contributed by atoms with Gasteiger partial charge in [-0.1, -0.05) is 30.3 Å². The monoisotopic (exact) mass is 268 g/mol. The Bertz CT molecular complexity index is 861. The van der Waals surface area contributed by atoms with Crippen LogP contribution in [0.1, 0.15) is 12.2 Å². The highest BCUT2D eigenvalue weighted by atomic mass is 16.4. The molecule has 0 amide bonds. The molecular weight excluding hydrogens is 256 g/mol. The number of carboxylic acid groups (broad SMARTS) is 1. The van der Waals surface area contributed by atoms with Crippen LogP contribution in [0.2, 0.25) is 0 Å². The number of aryl methyl sites for hydroxylation is 1. The maximum Gasteiger partial charge on any atom is 0.303 e. The number of rotatable bonds is 3. The smallest absolute Gasteiger partial charge is 0.303 e. The third kappa shape index (κ3) is 2.16. The summed E-state index contributed by atoms with van der Waals surface area (Å²) >= 11 is 0. The highest BCUT2D eigenvalue weighted by Crippen LogP contribution is 2.23. The first kappa shape index (κ1) is 12.4. The van der Waals surface area contributed by atoms with Crippen molar-refractivity contribution < 1.29 is 14.3 Å². The molecule has 0 unspecified atom stereocenters. The van der Waals surface area contributed by atoms with E-state index in [1.54, 1.807) is 6.07 Å². The van der Waals surface area contributed by atoms with Gasteiger partial charge in [-0.05, 0) is 16.8 Å². The van der Waals surface area contributed by atoms with Crippen LogP contribution in [-0.2, 0) is 11.2 Å². The van der Waals surface area contributed by atoms with Crippen LogP contribution in [0.4, 0.5) is 0 Å². The third-order valence-electron chi connectivity index (χ3n) is 3.26. The first-order valence-corrected chi connectivity index (χ1v) is 6.31. The van der Waals surface area contributed by atoms with Gasteiger partial charge in [0.1, 0.15) is 11.3 Å². The zero-order valence-electron chi connectivity index (χ0n) is 10.6. The summed E-state index contributed by atoms with van der Waals surface area (Å²) in [6.07, 6.45) is 0.162. The second-order valence-corrected chi connectivity index (χ2v) is 4.63. The summed E-state index contributed by atoms with van der Waals surface area (Å²) in [5, 5.41) is 11.1. The van der Waals surface area contributed by atoms with Gasteiger partial charge in [-0.3, -0.25) is 9.59 Å². The largest absolute Gasteiger partial charge is 0.481 e. The molecule has 0 aliphatic carbocycles. The molecule has 0 saturated heterocycles. The van der Waals surface area contributed by atoms with Gasteiger partial charge in [0.15, 0.2) is 5.43 Å². The van der Waals surface area contributed by atoms with E-state index >= 15 is 0 Å². The second-order valence-electron chi connectivity index (χ2n) is 4.63. The molecular formula is C16H12O4. The van der Waals surface area contributed by atoms with Gasteiger partial charge in [0.25, 0.3) is 0 Å². The summed E-state index contributed by atoms with van der Waals surface area (Å²) in [6, 6.07) is 12.6. The molecule has 0 radical (unpaired) electrons. The summed E-state index contributed by atoms with van der Waals surface area (Å²) in [4.78, 5) is 22.8. The second kappa shape index (κ2) is 4.81. The first-order valence-electron chi connectivity index (χ1n) is 6.31. The van der Waals surface area contributed by atoms with Gasteiger partial charge < -0.3 is 9.52 Å². The zero-order valence-corrected chi connectivity index (χ0v) is 10.6. The normalized spacial score (nSPS) is 11.0. The average molecular weight is 268 g/mol. The number of fused-ring (bicyclic) bond motifs is 3. The molecule has 1 heterocycles. The average Bonchev–Trinajstić information content (AvgIpc) is 2.44. The summed E-state index contributed by atoms with van der Waals surface area (Å²) in [5.41, 5.74) is 0.361. The molecule has 4 heteroatoms. The van der Waals surface area contributed by atoms with Crippen LogP contribution in [0, 0.1) is 0 Å². The van der Waals surface area contributed by atoms with E-state index in [-0.39, 0.29) is 18.3 Å². The van der Waals surface area contributed by atoms with Crippen molar-refractivity contribution >= 4 is 27.7 Å². The van der Waals surface area contributed by atoms with E-state index in [0.29, 0.717) is 16.7 Å². The molecule has 0 fully saturated rings. The maximum absolute atomic E-state index is 12.3. The molecule has 3 aromatic rings. The molecule has 0 atom stereocenters. The van der Waals surface area contributed by atoms with Crippen molar-refractivity contribution in [2.24, 2.45) is 0 Å². The molecule has 2 aromatic carbocycles. The summed E-state index contributed by atoms with van der Waals surface area (Å²) < 4.78 is 5.64. The van der Waals surface area contributed by atoms with Crippen molar-refractivity contribution in [1.82, 2.24) is 0 Å². The zero-order chi connectivity index (χ0) is 14.1. The fraction of sp³-hybridized carbons (Fsp3) is 0.125. The number of benzene rings is 2. The van der Waals surface area contributed by atoms with Gasteiger partial charge >= 0.3 is 5.97 Å². The fourth-order valence-electron chi connectivity index (χ4n) is 2.33. The van der Waals surface area contributed by atoms with Crippen molar-refractivity contribution in [2.45, 2.75) is 12.8 Å². The Morgan fingerprint density at radius 3 is 2.75 bits per heavy atom. The molecule has 0 saturated carbocycles. The molecule has 20 heavy (non-hydrogen) atoms. The van der Waals surface area contributed by atoms with E-state index in [1.165, 1.54) is 6.07 Å². The summed E-state index contributed by atoms with van der Waals surface area (Å²) in [5.74, 6) is -0.508. The van der Waals surface area contributed by atoms with Crippen LogP contribution < -0.4 is 5.43 Å². The lowest BCUT2D eigenvalue weighted by atomic mass is 10.1. The molecule has 3 rings (SSSR count). The molecule has 1 N–H and O–H groups in total. The topological polar surface area (TPSA) is 67.5 Å². The van der Waals surface area contributed by atoms with Gasteiger partial charge in [0, 0.05) is 12.5 Å². The summed E-state index contributed by atoms with van der Waals surface area (Å²) in [6.45, 7) is 0. The number of aliphatic carboxylic acids is 1. The third-order valence-corrected chi connectivity index (χ3v) is 3.26. The number of hydrogen-bond donors (Lipinski definition) is 1. The van der Waals surface area contributed by atoms with Crippen LogP contribution in [0.25, 0.3) is 21.7 Å². The van der Waals surface area contributed by atoms with E-state index in [4.69, 9.17) is 9.52 Å². The molecule has 1 aromatic heterocycles. The van der Waals surface area contributed by atoms with E-state index in [2.05, 4.69) is 0 Å². The van der Waals surface area contributed by atoms with E-state index in [9.17, 15) is 9.59 Å². The summed E-state index contributed by atoms with van der Waals surface area (Å²) in [7, 11) is 0. The number of carboxylic acids is 1. The highest BCUT2D eigenvalue weighted by Gasteiger charge is 2.09. The number of carbonyl (C=O) groups is 1. The number of hydrogen-bond acceptors (Lipinski definition) is 3. The first-order chi connectivity index (χ1) is 9.65. The minimum atomic E-state index is -0.911. The SMILES string of the molecule is O=C(O)CCc1cc(=O)c2c(ccc3ccccc32)o1. The van der Waals surface area contributed by atoms with Gasteiger partial charge in [0.2, 0.25) is 0 Å². The Morgan fingerprint density at radius 2 is 1.95 bits per heavy atom. The maximum atomic E-state index is 12.3. The van der Waals surface area contributed by atoms with Crippen LogP contribution in [0.3, 0.4) is 0 Å². The van der Waals surface area contributed by atoms with Crippen molar-refractivity contribution in [3.8, 4) is 0 Å². The minimum Gasteiger partial charge on any atom is -0.481 e. The van der Waals surface area contributed by atoms with E-state index < -0.39 is 5.97 Å². The van der Waals surface area contributed by atoms with Crippen LogP contribution >= 0.6 is 0 Å². The van der Waals surface area contributed by atoms with Crippen LogP contribution in [-0.4, -0.2) is 11.1 Å². The fourth-order valence-corrected chi connectivity index (χ4v) is 2.33. The molecule has 0 aliphatic rings. The minimum absolute atomic E-state index is 0.0535. The Kier molecular flexibility index (Phi) is 2.99. The van der Waals surface area contributed by atoms with Gasteiger partial charge in [0.05, 0.1) is 11.8 Å². The van der Waals surface area contributed by atoms with Gasteiger partial charge in [-0.2, -0.15) is 0 Å². The van der Waals surface area contributed by atoms with Crippen LogP contribution in [0.5, 0.6) is 0 Å². The molecule has 0 bridgehead atoms. The molecule has 4 nitrogen and oxygen atoms in total. The molecule has 0 spiro atoms. The van der Waals surface area contributed by atoms with Crippen molar-refractivity contribution in [3.05, 3.63) is 58.4 Å². The lowest BCUT2D eigenvalue weighted by Gasteiger charge is -2.04. The van der Waals surface area contributed by atoms with E-state index in [0.717, 1.165) is 10.8 Å². The van der Waals surface area contributed by atoms with Gasteiger partial charge in [-0.25, -0.2) is 0 Å². The Hall–Kier alpha value is -2.62. The lowest BCUT2D eigenvalue weighted by Crippen LogP contribution is -2.05. The molecule has 0 aliphatic heterocycles. The standard InChI is InChI=1S/C16H12O4/c17-13-9-11(6-8-15(18)19)20-14-7-5-10-3-1-2-4-12(10)16(13)14/h1-5,7,9H,6,8H2,(H,18,19). The predicted molar refractivity (Wildman–Crippen MR) is 75.9 cm³/mol. The van der Waals surface area contributed by atoms with Crippen molar-refractivity contribution in [1.29, 1.82) is 0 Å².